The summed E-state index contributed by atoms with van der Waals surface area (Å²) < 4.78 is 0. The van der Waals surface area contributed by atoms with Crippen LogP contribution in [0.2, 0.25) is 0 Å². The Kier molecular flexibility index (Phi) is 4.10. The van der Waals surface area contributed by atoms with Crippen LogP contribution in [0.15, 0.2) is 0 Å². The van der Waals surface area contributed by atoms with Gasteiger partial charge >= 0.3 is 7.20 Å². The molecule has 0 bridgehead atoms. The van der Waals surface area contributed by atoms with Gasteiger partial charge in [-0.25, -0.2) is 0 Å². The number of hydrogen-bond donors (Lipinski definition) is 2. The van der Waals surface area contributed by atoms with Crippen LogP contribution < -0.4 is 0 Å². The highest BCUT2D eigenvalue weighted by molar-refractivity contribution is 14.2. The summed E-state index contributed by atoms with van der Waals surface area (Å²) in [6.45, 7) is 0. The van der Waals surface area contributed by atoms with Crippen molar-refractivity contribution in [2.75, 3.05) is 0 Å². The molecule has 0 aliphatic rings. The smallest absolute Gasteiger partial charge is 0.342 e. The van der Waals surface area contributed by atoms with Crippen molar-refractivity contribution in [3.8, 4) is 0 Å². The molecule has 0 heterocycles. The third-order valence-electron chi connectivity index (χ3n) is 0.117. The fourth-order valence-electron chi connectivity index (χ4n) is 0. The Bertz CT molecular complexity index is 23.6. The summed E-state index contributed by atoms with van der Waals surface area (Å²) >= 11 is 1.78. The normalized spacial score (nSPS) is 14.2. The van der Waals surface area contributed by atoms with Crippen molar-refractivity contribution < 1.29 is 9.92 Å². The minimum Gasteiger partial charge on any atom is -0.447 e. The number of halogens is 1. The van der Waals surface area contributed by atoms with E-state index >= 15 is 0 Å². The van der Waals surface area contributed by atoms with Gasteiger partial charge in [-0.3, -0.25) is 0 Å². The highest BCUT2D eigenvalue weighted by Crippen LogP contribution is 2.35. The molecule has 0 aliphatic heterocycles. The molecule has 0 rings (SSSR count). The molecule has 0 saturated heterocycles. The Morgan fingerprint density at radius 1 is 1.80 bits per heavy atom. The molecule has 0 fully saturated rings. The molecule has 5 heteroatoms. The molecule has 0 aromatic heterocycles. The minimum absolute atomic E-state index is 0.0874. The van der Waals surface area contributed by atoms with Crippen molar-refractivity contribution in [2.24, 2.45) is 0 Å². The van der Waals surface area contributed by atoms with Gasteiger partial charge in [-0.15, -0.1) is 0 Å². The van der Waals surface area contributed by atoms with Crippen molar-refractivity contribution in [1.29, 1.82) is 0 Å². The molecule has 2 N–H and O–H groups in total. The van der Waals surface area contributed by atoms with Crippen molar-refractivity contribution >= 4 is 34.9 Å². The Morgan fingerprint density at radius 3 is 2.00 bits per heavy atom. The lowest BCUT2D eigenvalue weighted by Gasteiger charge is -1.84. The van der Waals surface area contributed by atoms with Crippen LogP contribution in [-0.4, -0.2) is 17.1 Å². The Hall–Kier alpha value is 1.14. The second kappa shape index (κ2) is 3.34. The molecule has 0 saturated carbocycles. The van der Waals surface area contributed by atoms with Gasteiger partial charge in [0.05, 0.1) is 5.67 Å². The first-order chi connectivity index (χ1) is 2.27. The maximum atomic E-state index is 8.16. The maximum Gasteiger partial charge on any atom is 0.342 e. The molecule has 5 heavy (non-hydrogen) atoms. The molecule has 0 aliphatic carbocycles. The van der Waals surface area contributed by atoms with Crippen LogP contribution in [-0.2, 0) is 0 Å². The van der Waals surface area contributed by atoms with E-state index in [1.54, 1.807) is 22.0 Å². The van der Waals surface area contributed by atoms with Gasteiger partial charge in [0.1, 0.15) is 0 Å². The second-order valence-electron chi connectivity index (χ2n) is 0.478. The van der Waals surface area contributed by atoms with Gasteiger partial charge < -0.3 is 9.92 Å². The molecule has 0 aromatic carbocycles. The zero-order valence-corrected chi connectivity index (χ0v) is 5.48. The average molecular weight is 204 g/mol. The third-order valence-corrected chi connectivity index (χ3v) is 1.27. The van der Waals surface area contributed by atoms with Crippen molar-refractivity contribution in [1.82, 2.24) is 0 Å². The molecule has 30 valence electrons. The van der Waals surface area contributed by atoms with Crippen LogP contribution in [0.4, 0.5) is 0 Å². The molecule has 0 spiro atoms. The van der Waals surface area contributed by atoms with Crippen LogP contribution in [0.3, 0.4) is 0 Å². The lowest BCUT2D eigenvalue weighted by Crippen LogP contribution is -1.73. The summed E-state index contributed by atoms with van der Waals surface area (Å²) in [5, 5.41) is 7.91. The fraction of sp³-hybridized carbons (Fsp3) is 0. The molecule has 0 radical (unpaired) electrons. The van der Waals surface area contributed by atoms with Crippen LogP contribution in [0.5, 0.6) is 0 Å². The van der Waals surface area contributed by atoms with Crippen molar-refractivity contribution in [3.05, 3.63) is 0 Å². The third kappa shape index (κ3) is 5.14. The summed E-state index contributed by atoms with van der Waals surface area (Å²) in [6, 6.07) is 0. The molecular formula is H3BIO2P. The minimum atomic E-state index is -1.07. The van der Waals surface area contributed by atoms with E-state index in [9.17, 15) is 0 Å². The maximum absolute atomic E-state index is 8.16. The first-order valence-corrected chi connectivity index (χ1v) is 5.27. The van der Waals surface area contributed by atoms with Crippen LogP contribution in [0.25, 0.3) is 0 Å². The highest BCUT2D eigenvalue weighted by atomic mass is 127. The van der Waals surface area contributed by atoms with Crippen molar-refractivity contribution in [3.63, 3.8) is 0 Å². The van der Waals surface area contributed by atoms with Gasteiger partial charge in [-0.2, -0.15) is 0 Å². The lowest BCUT2D eigenvalue weighted by molar-refractivity contribution is 0.604. The van der Waals surface area contributed by atoms with Crippen molar-refractivity contribution in [2.45, 2.75) is 0 Å². The zero-order valence-electron chi connectivity index (χ0n) is 2.43. The van der Waals surface area contributed by atoms with E-state index in [0.29, 0.717) is 0 Å². The van der Waals surface area contributed by atoms with Gasteiger partial charge in [0.15, 0.2) is 0 Å². The van der Waals surface area contributed by atoms with Crippen LogP contribution in [0.1, 0.15) is 0 Å². The molecule has 1 atom stereocenters. The van der Waals surface area contributed by atoms with E-state index in [0.717, 1.165) is 0 Å². The van der Waals surface area contributed by atoms with Gasteiger partial charge in [-0.1, -0.05) is 0 Å². The Balaban J connectivity index is 2.54. The van der Waals surface area contributed by atoms with Gasteiger partial charge in [0.25, 0.3) is 0 Å². The standard InChI is InChI=1S/BH3IO2P/c2-5(4)1-3/h1,3-4H. The number of hydrogen-bond acceptors (Lipinski definition) is 2. The quantitative estimate of drug-likeness (QED) is 0.358. The SMILES string of the molecule is OBP(O)I. The highest BCUT2D eigenvalue weighted by Gasteiger charge is 1.91. The summed E-state index contributed by atoms with van der Waals surface area (Å²) in [5.41, 5.74) is -1.07. The predicted octanol–water partition coefficient (Wildman–Crippen LogP) is -0.0156. The molecular weight excluding hydrogens is 201 g/mol. The van der Waals surface area contributed by atoms with E-state index < -0.39 is 5.67 Å². The Labute approximate surface area is 45.1 Å². The fourth-order valence-corrected chi connectivity index (χ4v) is 0. The predicted molar refractivity (Wildman–Crippen MR) is 32.5 cm³/mol. The molecule has 1 unspecified atom stereocenters. The lowest BCUT2D eigenvalue weighted by atomic mass is 10.6. The Morgan fingerprint density at radius 2 is 2.00 bits per heavy atom. The van der Waals surface area contributed by atoms with Gasteiger partial charge in [0, 0.05) is 0 Å². The van der Waals surface area contributed by atoms with E-state index in [-0.39, 0.29) is 7.20 Å². The molecule has 0 amide bonds. The summed E-state index contributed by atoms with van der Waals surface area (Å²) in [5.74, 6) is 0. The van der Waals surface area contributed by atoms with Gasteiger partial charge in [0.2, 0.25) is 0 Å². The van der Waals surface area contributed by atoms with Crippen LogP contribution >= 0.6 is 27.7 Å². The summed E-state index contributed by atoms with van der Waals surface area (Å²) in [7, 11) is -0.0874. The molecule has 2 nitrogen and oxygen atoms in total. The summed E-state index contributed by atoms with van der Waals surface area (Å²) in [4.78, 5) is 8.16. The van der Waals surface area contributed by atoms with E-state index in [2.05, 4.69) is 0 Å². The first kappa shape index (κ1) is 6.14. The second-order valence-corrected chi connectivity index (χ2v) is 4.78. The monoisotopic (exact) mass is 204 g/mol. The van der Waals surface area contributed by atoms with E-state index in [1.165, 1.54) is 0 Å². The first-order valence-electron chi connectivity index (χ1n) is 1.00. The van der Waals surface area contributed by atoms with Crippen LogP contribution in [0, 0.1) is 0 Å². The van der Waals surface area contributed by atoms with E-state index in [1.807, 2.05) is 0 Å². The largest absolute Gasteiger partial charge is 0.447 e. The average Bonchev–Trinajstić information content (AvgIpc) is 1.38. The topological polar surface area (TPSA) is 40.5 Å². The van der Waals surface area contributed by atoms with E-state index in [4.69, 9.17) is 9.92 Å². The zero-order chi connectivity index (χ0) is 4.28. The summed E-state index contributed by atoms with van der Waals surface area (Å²) in [6.07, 6.45) is 0. The number of rotatable bonds is 1. The van der Waals surface area contributed by atoms with Gasteiger partial charge in [-0.05, 0) is 22.0 Å². The molecule has 0 aromatic rings.